The molecule has 0 aliphatic carbocycles. The Balaban J connectivity index is 1.81. The third-order valence-corrected chi connectivity index (χ3v) is 4.35. The van der Waals surface area contributed by atoms with Crippen LogP contribution < -0.4 is 5.32 Å². The lowest BCUT2D eigenvalue weighted by atomic mass is 9.88. The number of nitrogens with zero attached hydrogens (tertiary/aromatic N) is 1. The number of ether oxygens (including phenoxy) is 1. The van der Waals surface area contributed by atoms with Crippen molar-refractivity contribution in [3.05, 3.63) is 23.1 Å². The lowest BCUT2D eigenvalue weighted by Crippen LogP contribution is -2.47. The maximum Gasteiger partial charge on any atom is 0.193 e. The molecule has 2 aliphatic heterocycles. The molecule has 0 bridgehead atoms. The molecular weight excluding hydrogens is 264 g/mol. The topological polar surface area (TPSA) is 37.6 Å². The second-order valence-corrected chi connectivity index (χ2v) is 5.70. The smallest absolute Gasteiger partial charge is 0.193 e. The van der Waals surface area contributed by atoms with E-state index in [1.807, 2.05) is 12.1 Å². The first-order valence-electron chi connectivity index (χ1n) is 7.12. The van der Waals surface area contributed by atoms with E-state index in [4.69, 9.17) is 20.8 Å². The highest BCUT2D eigenvalue weighted by molar-refractivity contribution is 6.28. The molecule has 0 aromatic carbocycles. The van der Waals surface area contributed by atoms with Crippen LogP contribution in [0.2, 0.25) is 5.22 Å². The quantitative estimate of drug-likeness (QED) is 0.924. The van der Waals surface area contributed by atoms with E-state index in [0.717, 1.165) is 58.0 Å². The zero-order valence-corrected chi connectivity index (χ0v) is 11.9. The van der Waals surface area contributed by atoms with Crippen LogP contribution in [0.25, 0.3) is 0 Å². The Kier molecular flexibility index (Phi) is 4.43. The van der Waals surface area contributed by atoms with Gasteiger partial charge in [-0.3, -0.25) is 4.90 Å². The Bertz CT molecular complexity index is 380. The van der Waals surface area contributed by atoms with Gasteiger partial charge in [0.1, 0.15) is 5.76 Å². The number of nitrogens with one attached hydrogen (secondary N) is 1. The van der Waals surface area contributed by atoms with E-state index >= 15 is 0 Å². The molecule has 1 atom stereocenters. The van der Waals surface area contributed by atoms with Crippen molar-refractivity contribution in [3.63, 3.8) is 0 Å². The van der Waals surface area contributed by atoms with E-state index in [-0.39, 0.29) is 0 Å². The molecule has 1 aromatic rings. The van der Waals surface area contributed by atoms with Crippen molar-refractivity contribution in [1.82, 2.24) is 10.2 Å². The number of rotatable bonds is 3. The van der Waals surface area contributed by atoms with Crippen LogP contribution >= 0.6 is 11.6 Å². The molecule has 0 unspecified atom stereocenters. The summed E-state index contributed by atoms with van der Waals surface area (Å²) in [4.78, 5) is 2.53. The first-order valence-corrected chi connectivity index (χ1v) is 7.50. The molecule has 0 radical (unpaired) electrons. The fourth-order valence-electron chi connectivity index (χ4n) is 3.19. The summed E-state index contributed by atoms with van der Waals surface area (Å²) in [7, 11) is 0. The minimum atomic E-state index is 0.346. The van der Waals surface area contributed by atoms with Crippen molar-refractivity contribution in [3.8, 4) is 0 Å². The molecular formula is C14H21ClN2O2. The summed E-state index contributed by atoms with van der Waals surface area (Å²) in [5.41, 5.74) is 0. The van der Waals surface area contributed by atoms with Gasteiger partial charge < -0.3 is 14.5 Å². The van der Waals surface area contributed by atoms with E-state index in [1.165, 1.54) is 0 Å². The molecule has 3 rings (SSSR count). The van der Waals surface area contributed by atoms with Crippen molar-refractivity contribution in [2.45, 2.75) is 18.9 Å². The van der Waals surface area contributed by atoms with Gasteiger partial charge in [-0.15, -0.1) is 0 Å². The summed E-state index contributed by atoms with van der Waals surface area (Å²) in [5.74, 6) is 1.62. The van der Waals surface area contributed by atoms with Crippen LogP contribution in [0.15, 0.2) is 16.5 Å². The maximum absolute atomic E-state index is 5.96. The van der Waals surface area contributed by atoms with E-state index in [0.29, 0.717) is 17.2 Å². The number of piperazine rings is 1. The van der Waals surface area contributed by atoms with Crippen molar-refractivity contribution in [2.24, 2.45) is 5.92 Å². The van der Waals surface area contributed by atoms with Gasteiger partial charge in [0.15, 0.2) is 5.22 Å². The molecule has 1 aromatic heterocycles. The fourth-order valence-corrected chi connectivity index (χ4v) is 3.34. The first kappa shape index (κ1) is 13.4. The predicted molar refractivity (Wildman–Crippen MR) is 74.4 cm³/mol. The van der Waals surface area contributed by atoms with Crippen LogP contribution in [-0.2, 0) is 4.74 Å². The van der Waals surface area contributed by atoms with Gasteiger partial charge in [0.05, 0.1) is 6.04 Å². The van der Waals surface area contributed by atoms with E-state index in [2.05, 4.69) is 10.2 Å². The molecule has 2 aliphatic rings. The van der Waals surface area contributed by atoms with Gasteiger partial charge in [-0.05, 0) is 42.5 Å². The van der Waals surface area contributed by atoms with E-state index in [9.17, 15) is 0 Å². The largest absolute Gasteiger partial charge is 0.448 e. The zero-order valence-electron chi connectivity index (χ0n) is 11.1. The summed E-state index contributed by atoms with van der Waals surface area (Å²) >= 11 is 5.96. The average molecular weight is 285 g/mol. The fraction of sp³-hybridized carbons (Fsp3) is 0.714. The summed E-state index contributed by atoms with van der Waals surface area (Å²) in [5, 5.41) is 3.89. The van der Waals surface area contributed by atoms with Gasteiger partial charge in [-0.2, -0.15) is 0 Å². The number of halogens is 1. The van der Waals surface area contributed by atoms with Gasteiger partial charge >= 0.3 is 0 Å². The lowest BCUT2D eigenvalue weighted by Gasteiger charge is -2.39. The van der Waals surface area contributed by atoms with Crippen LogP contribution in [0, 0.1) is 5.92 Å². The van der Waals surface area contributed by atoms with Gasteiger partial charge in [0.2, 0.25) is 0 Å². The maximum atomic E-state index is 5.96. The Hall–Kier alpha value is -0.550. The van der Waals surface area contributed by atoms with Crippen molar-refractivity contribution < 1.29 is 9.15 Å². The van der Waals surface area contributed by atoms with Crippen LogP contribution in [-0.4, -0.2) is 44.3 Å². The standard InChI is InChI=1S/C14H21ClN2O2/c15-13-2-1-12(19-13)14(11-3-9-18-10-4-11)17-7-5-16-6-8-17/h1-2,11,14,16H,3-10H2/t14-/m1/s1. The van der Waals surface area contributed by atoms with Crippen molar-refractivity contribution in [2.75, 3.05) is 39.4 Å². The minimum absolute atomic E-state index is 0.346. The van der Waals surface area contributed by atoms with E-state index < -0.39 is 0 Å². The Labute approximate surface area is 119 Å². The SMILES string of the molecule is Clc1ccc([C@@H](C2CCOCC2)N2CCNCC2)o1. The highest BCUT2D eigenvalue weighted by Gasteiger charge is 2.33. The summed E-state index contributed by atoms with van der Waals surface area (Å²) in [6, 6.07) is 4.23. The molecule has 0 spiro atoms. The van der Waals surface area contributed by atoms with Crippen LogP contribution in [0.1, 0.15) is 24.6 Å². The zero-order chi connectivity index (χ0) is 13.1. The molecule has 19 heavy (non-hydrogen) atoms. The highest BCUT2D eigenvalue weighted by Crippen LogP contribution is 2.36. The Morgan fingerprint density at radius 3 is 2.58 bits per heavy atom. The molecule has 1 N–H and O–H groups in total. The number of furan rings is 1. The summed E-state index contributed by atoms with van der Waals surface area (Å²) < 4.78 is 11.2. The molecule has 2 fully saturated rings. The van der Waals surface area contributed by atoms with Crippen molar-refractivity contribution >= 4 is 11.6 Å². The van der Waals surface area contributed by atoms with Crippen LogP contribution in [0.5, 0.6) is 0 Å². The molecule has 5 heteroatoms. The second-order valence-electron chi connectivity index (χ2n) is 5.32. The van der Waals surface area contributed by atoms with Gasteiger partial charge in [-0.1, -0.05) is 0 Å². The summed E-state index contributed by atoms with van der Waals surface area (Å²) in [6.07, 6.45) is 2.21. The lowest BCUT2D eigenvalue weighted by molar-refractivity contribution is 0.0149. The Morgan fingerprint density at radius 2 is 1.95 bits per heavy atom. The van der Waals surface area contributed by atoms with Crippen LogP contribution in [0.3, 0.4) is 0 Å². The van der Waals surface area contributed by atoms with Crippen LogP contribution in [0.4, 0.5) is 0 Å². The second kappa shape index (κ2) is 6.27. The highest BCUT2D eigenvalue weighted by atomic mass is 35.5. The van der Waals surface area contributed by atoms with Gasteiger partial charge in [0, 0.05) is 39.4 Å². The molecule has 2 saturated heterocycles. The third-order valence-electron chi connectivity index (χ3n) is 4.14. The Morgan fingerprint density at radius 1 is 1.21 bits per heavy atom. The van der Waals surface area contributed by atoms with Gasteiger partial charge in [0.25, 0.3) is 0 Å². The predicted octanol–water partition coefficient (Wildman–Crippen LogP) is 2.31. The third kappa shape index (κ3) is 3.14. The average Bonchev–Trinajstić information content (AvgIpc) is 2.88. The molecule has 0 amide bonds. The number of hydrogen-bond acceptors (Lipinski definition) is 4. The van der Waals surface area contributed by atoms with Crippen molar-refractivity contribution in [1.29, 1.82) is 0 Å². The first-order chi connectivity index (χ1) is 9.34. The van der Waals surface area contributed by atoms with Gasteiger partial charge in [-0.25, -0.2) is 0 Å². The normalized spacial score (nSPS) is 24.5. The monoisotopic (exact) mass is 284 g/mol. The molecule has 106 valence electrons. The number of hydrogen-bond donors (Lipinski definition) is 1. The summed E-state index contributed by atoms with van der Waals surface area (Å²) in [6.45, 7) is 5.96. The molecule has 4 nitrogen and oxygen atoms in total. The molecule has 3 heterocycles. The minimum Gasteiger partial charge on any atom is -0.448 e. The molecule has 0 saturated carbocycles. The van der Waals surface area contributed by atoms with E-state index in [1.54, 1.807) is 0 Å².